The van der Waals surface area contributed by atoms with E-state index in [-0.39, 0.29) is 11.0 Å². The van der Waals surface area contributed by atoms with Gasteiger partial charge in [0.05, 0.1) is 0 Å². The highest BCUT2D eigenvalue weighted by Crippen LogP contribution is 2.15. The van der Waals surface area contributed by atoms with Crippen LogP contribution in [-0.4, -0.2) is 23.3 Å². The van der Waals surface area contributed by atoms with E-state index in [9.17, 15) is 9.59 Å². The minimum atomic E-state index is -0.0662. The number of allylic oxidation sites excluding steroid dienone is 2. The largest absolute Gasteiger partial charge is 0.356 e. The van der Waals surface area contributed by atoms with Crippen molar-refractivity contribution in [2.75, 3.05) is 12.3 Å². The summed E-state index contributed by atoms with van der Waals surface area (Å²) < 4.78 is 0. The molecule has 0 aromatic carbocycles. The Morgan fingerprint density at radius 2 is 2.12 bits per heavy atom. The van der Waals surface area contributed by atoms with Gasteiger partial charge >= 0.3 is 0 Å². The van der Waals surface area contributed by atoms with E-state index in [1.165, 1.54) is 18.7 Å². The number of hydrogen-bond acceptors (Lipinski definition) is 3. The van der Waals surface area contributed by atoms with Crippen LogP contribution in [0.4, 0.5) is 0 Å². The van der Waals surface area contributed by atoms with Crippen molar-refractivity contribution in [3.63, 3.8) is 0 Å². The minimum Gasteiger partial charge on any atom is -0.356 e. The molecule has 0 radical (unpaired) electrons. The fraction of sp³-hybridized carbons (Fsp3) is 0.500. The Morgan fingerprint density at radius 1 is 1.44 bits per heavy atom. The third kappa shape index (κ3) is 7.29. The third-order valence-corrected chi connectivity index (χ3v) is 2.74. The zero-order chi connectivity index (χ0) is 12.4. The lowest BCUT2D eigenvalue weighted by molar-refractivity contribution is -0.118. The molecule has 0 atom stereocenters. The number of carbonyl (C=O) groups excluding carboxylic acids is 2. The Balaban J connectivity index is 3.97. The van der Waals surface area contributed by atoms with Crippen LogP contribution < -0.4 is 5.32 Å². The van der Waals surface area contributed by atoms with Gasteiger partial charge in [-0.05, 0) is 6.42 Å². The predicted molar refractivity (Wildman–Crippen MR) is 69.3 cm³/mol. The molecule has 0 saturated heterocycles. The summed E-state index contributed by atoms with van der Waals surface area (Å²) in [7, 11) is 0. The lowest BCUT2D eigenvalue weighted by Crippen LogP contribution is -2.22. The van der Waals surface area contributed by atoms with Crippen molar-refractivity contribution >= 4 is 22.8 Å². The van der Waals surface area contributed by atoms with Crippen molar-refractivity contribution in [2.24, 2.45) is 0 Å². The van der Waals surface area contributed by atoms with Crippen LogP contribution in [0.1, 0.15) is 26.7 Å². The summed E-state index contributed by atoms with van der Waals surface area (Å²) in [6.07, 6.45) is 5.12. The van der Waals surface area contributed by atoms with Crippen LogP contribution in [0.15, 0.2) is 24.3 Å². The molecule has 3 nitrogen and oxygen atoms in total. The quantitative estimate of drug-likeness (QED) is 0.422. The van der Waals surface area contributed by atoms with Crippen LogP contribution in [0, 0.1) is 0 Å². The van der Waals surface area contributed by atoms with Crippen molar-refractivity contribution in [3.05, 3.63) is 24.3 Å². The minimum absolute atomic E-state index is 0.0662. The Morgan fingerprint density at radius 3 is 2.62 bits per heavy atom. The van der Waals surface area contributed by atoms with E-state index >= 15 is 0 Å². The second-order valence-corrected chi connectivity index (χ2v) is 4.36. The van der Waals surface area contributed by atoms with Crippen molar-refractivity contribution in [1.82, 2.24) is 5.32 Å². The average molecular weight is 241 g/mol. The Bertz CT molecular complexity index is 285. The van der Waals surface area contributed by atoms with E-state index in [0.717, 1.165) is 18.4 Å². The molecular weight excluding hydrogens is 222 g/mol. The maximum absolute atomic E-state index is 11.7. The first-order valence-electron chi connectivity index (χ1n) is 5.35. The van der Waals surface area contributed by atoms with E-state index < -0.39 is 0 Å². The lowest BCUT2D eigenvalue weighted by atomic mass is 10.1. The van der Waals surface area contributed by atoms with Gasteiger partial charge in [-0.25, -0.2) is 0 Å². The number of carbonyl (C=O) groups is 2. The van der Waals surface area contributed by atoms with E-state index in [0.29, 0.717) is 12.3 Å². The fourth-order valence-electron chi connectivity index (χ4n) is 1.13. The van der Waals surface area contributed by atoms with Gasteiger partial charge in [0.2, 0.25) is 11.0 Å². The van der Waals surface area contributed by atoms with Crippen LogP contribution in [-0.2, 0) is 9.59 Å². The number of amides is 1. The van der Waals surface area contributed by atoms with Crippen LogP contribution in [0.25, 0.3) is 0 Å². The molecular formula is C12H19NO2S. The summed E-state index contributed by atoms with van der Waals surface area (Å²) in [4.78, 5) is 22.3. The molecule has 0 aromatic heterocycles. The zero-order valence-electron chi connectivity index (χ0n) is 9.91. The average Bonchev–Trinajstić information content (AvgIpc) is 2.23. The molecule has 4 heteroatoms. The van der Waals surface area contributed by atoms with Crippen molar-refractivity contribution < 1.29 is 9.59 Å². The molecule has 0 heterocycles. The highest BCUT2D eigenvalue weighted by Gasteiger charge is 2.08. The first-order valence-corrected chi connectivity index (χ1v) is 6.33. The number of rotatable bonds is 7. The standard InChI is InChI=1S/C12H19NO2S/c1-4-6-11(7-5-2)12(15)16-9-8-13-10(3)14/h4,6H,1,5,7-9H2,2-3H3,(H,13,14)/b11-6+. The maximum atomic E-state index is 11.7. The van der Waals surface area contributed by atoms with Crippen LogP contribution in [0.5, 0.6) is 0 Å². The van der Waals surface area contributed by atoms with Gasteiger partial charge in [-0.3, -0.25) is 9.59 Å². The van der Waals surface area contributed by atoms with E-state index in [1.807, 2.05) is 6.92 Å². The second-order valence-electron chi connectivity index (χ2n) is 3.30. The first kappa shape index (κ1) is 15.0. The number of nitrogens with one attached hydrogen (secondary N) is 1. The van der Waals surface area contributed by atoms with Gasteiger partial charge in [0.15, 0.2) is 0 Å². The van der Waals surface area contributed by atoms with Crippen LogP contribution in [0.2, 0.25) is 0 Å². The molecule has 0 saturated carbocycles. The molecule has 1 N–H and O–H groups in total. The van der Waals surface area contributed by atoms with Gasteiger partial charge in [0, 0.05) is 24.8 Å². The Hall–Kier alpha value is -1.03. The van der Waals surface area contributed by atoms with Gasteiger partial charge in [-0.1, -0.05) is 43.8 Å². The highest BCUT2D eigenvalue weighted by molar-refractivity contribution is 8.14. The molecule has 0 rings (SSSR count). The molecule has 0 aliphatic rings. The summed E-state index contributed by atoms with van der Waals surface area (Å²) in [5, 5.41) is 2.73. The molecule has 0 aromatic rings. The van der Waals surface area contributed by atoms with Gasteiger partial charge in [-0.15, -0.1) is 0 Å². The molecule has 0 fully saturated rings. The second kappa shape index (κ2) is 9.21. The number of thioether (sulfide) groups is 1. The smallest absolute Gasteiger partial charge is 0.216 e. The molecule has 0 aliphatic carbocycles. The lowest BCUT2D eigenvalue weighted by Gasteiger charge is -2.04. The van der Waals surface area contributed by atoms with Gasteiger partial charge in [-0.2, -0.15) is 0 Å². The SMILES string of the molecule is C=C/C=C(\CCC)C(=O)SCCNC(C)=O. The van der Waals surface area contributed by atoms with Crippen molar-refractivity contribution in [2.45, 2.75) is 26.7 Å². The van der Waals surface area contributed by atoms with Crippen molar-refractivity contribution in [1.29, 1.82) is 0 Å². The van der Waals surface area contributed by atoms with Gasteiger partial charge < -0.3 is 5.32 Å². The summed E-state index contributed by atoms with van der Waals surface area (Å²) in [5.74, 6) is 0.542. The summed E-state index contributed by atoms with van der Waals surface area (Å²) in [6, 6.07) is 0. The van der Waals surface area contributed by atoms with E-state index in [4.69, 9.17) is 0 Å². The fourth-order valence-corrected chi connectivity index (χ4v) is 1.87. The van der Waals surface area contributed by atoms with Gasteiger partial charge in [0.1, 0.15) is 0 Å². The van der Waals surface area contributed by atoms with E-state index in [1.54, 1.807) is 12.2 Å². The molecule has 0 unspecified atom stereocenters. The molecule has 0 spiro atoms. The Labute approximate surface area is 101 Å². The third-order valence-electron chi connectivity index (χ3n) is 1.81. The summed E-state index contributed by atoms with van der Waals surface area (Å²) >= 11 is 1.24. The highest BCUT2D eigenvalue weighted by atomic mass is 32.2. The molecule has 0 aliphatic heterocycles. The van der Waals surface area contributed by atoms with Crippen LogP contribution >= 0.6 is 11.8 Å². The number of hydrogen-bond donors (Lipinski definition) is 1. The van der Waals surface area contributed by atoms with E-state index in [2.05, 4.69) is 11.9 Å². The topological polar surface area (TPSA) is 46.2 Å². The Kier molecular flexibility index (Phi) is 8.62. The first-order chi connectivity index (χ1) is 7.61. The normalized spacial score (nSPS) is 11.0. The monoisotopic (exact) mass is 241 g/mol. The molecule has 16 heavy (non-hydrogen) atoms. The predicted octanol–water partition coefficient (Wildman–Crippen LogP) is 2.29. The summed E-state index contributed by atoms with van der Waals surface area (Å²) in [5.41, 5.74) is 0.797. The molecule has 1 amide bonds. The zero-order valence-corrected chi connectivity index (χ0v) is 10.7. The van der Waals surface area contributed by atoms with Crippen LogP contribution in [0.3, 0.4) is 0 Å². The molecule has 90 valence electrons. The maximum Gasteiger partial charge on any atom is 0.216 e. The summed E-state index contributed by atoms with van der Waals surface area (Å²) in [6.45, 7) is 7.62. The van der Waals surface area contributed by atoms with Crippen molar-refractivity contribution in [3.8, 4) is 0 Å². The molecule has 0 bridgehead atoms. The van der Waals surface area contributed by atoms with Gasteiger partial charge in [0.25, 0.3) is 0 Å².